The van der Waals surface area contributed by atoms with Crippen molar-refractivity contribution in [2.75, 3.05) is 7.11 Å². The minimum Gasteiger partial charge on any atom is -0.497 e. The largest absolute Gasteiger partial charge is 0.498 e. The van der Waals surface area contributed by atoms with Gasteiger partial charge in [-0.15, -0.1) is 0 Å². The SMILES string of the molecule is COc1c(B2OC(C)(C)C(C)(C)O2)cc2cn(C)nc2c1C. The normalized spacial score (nSPS) is 19.9. The Labute approximate surface area is 131 Å². The summed E-state index contributed by atoms with van der Waals surface area (Å²) < 4.78 is 19.8. The van der Waals surface area contributed by atoms with Crippen LogP contribution in [0.3, 0.4) is 0 Å². The molecule has 0 saturated carbocycles. The Hall–Kier alpha value is -1.53. The molecule has 0 spiro atoms. The first-order valence-electron chi connectivity index (χ1n) is 7.53. The average molecular weight is 302 g/mol. The smallest absolute Gasteiger partial charge is 0.497 e. The van der Waals surface area contributed by atoms with E-state index in [4.69, 9.17) is 14.0 Å². The van der Waals surface area contributed by atoms with Crippen molar-refractivity contribution in [3.05, 3.63) is 17.8 Å². The van der Waals surface area contributed by atoms with E-state index in [-0.39, 0.29) is 11.2 Å². The summed E-state index contributed by atoms with van der Waals surface area (Å²) in [5.41, 5.74) is 2.12. The molecule has 0 atom stereocenters. The highest BCUT2D eigenvalue weighted by molar-refractivity contribution is 6.63. The van der Waals surface area contributed by atoms with Gasteiger partial charge in [0.25, 0.3) is 0 Å². The minimum atomic E-state index is -0.441. The summed E-state index contributed by atoms with van der Waals surface area (Å²) in [7, 11) is 3.15. The Kier molecular flexibility index (Phi) is 3.31. The molecule has 6 heteroatoms. The van der Waals surface area contributed by atoms with E-state index in [0.29, 0.717) is 0 Å². The monoisotopic (exact) mass is 302 g/mol. The predicted molar refractivity (Wildman–Crippen MR) is 87.7 cm³/mol. The van der Waals surface area contributed by atoms with Gasteiger partial charge in [-0.3, -0.25) is 4.68 Å². The zero-order chi connectivity index (χ0) is 16.3. The highest BCUT2D eigenvalue weighted by Gasteiger charge is 2.52. The summed E-state index contributed by atoms with van der Waals surface area (Å²) in [6, 6.07) is 2.05. The van der Waals surface area contributed by atoms with Crippen molar-refractivity contribution in [3.63, 3.8) is 0 Å². The number of methoxy groups -OCH3 is 1. The van der Waals surface area contributed by atoms with E-state index in [1.165, 1.54) is 0 Å². The fraction of sp³-hybridized carbons (Fsp3) is 0.562. The molecule has 118 valence electrons. The molecule has 0 aliphatic carbocycles. The maximum absolute atomic E-state index is 6.17. The van der Waals surface area contributed by atoms with Crippen molar-refractivity contribution in [1.82, 2.24) is 9.78 Å². The van der Waals surface area contributed by atoms with Gasteiger partial charge in [0.1, 0.15) is 5.75 Å². The lowest BCUT2D eigenvalue weighted by molar-refractivity contribution is 0.00578. The third-order valence-corrected chi connectivity index (χ3v) is 4.84. The Morgan fingerprint density at radius 3 is 2.32 bits per heavy atom. The molecule has 1 saturated heterocycles. The van der Waals surface area contributed by atoms with Gasteiger partial charge in [0, 0.05) is 29.7 Å². The highest BCUT2D eigenvalue weighted by atomic mass is 16.7. The first kappa shape index (κ1) is 15.4. The van der Waals surface area contributed by atoms with Gasteiger partial charge in [-0.25, -0.2) is 0 Å². The fourth-order valence-corrected chi connectivity index (χ4v) is 2.88. The van der Waals surface area contributed by atoms with Gasteiger partial charge in [-0.2, -0.15) is 5.10 Å². The van der Waals surface area contributed by atoms with Crippen LogP contribution in [0.2, 0.25) is 0 Å². The van der Waals surface area contributed by atoms with Crippen LogP contribution in [0, 0.1) is 6.92 Å². The molecule has 3 rings (SSSR count). The second kappa shape index (κ2) is 4.73. The number of rotatable bonds is 2. The lowest BCUT2D eigenvalue weighted by Gasteiger charge is -2.32. The third-order valence-electron chi connectivity index (χ3n) is 4.84. The summed E-state index contributed by atoms with van der Waals surface area (Å²) >= 11 is 0. The van der Waals surface area contributed by atoms with Crippen molar-refractivity contribution in [3.8, 4) is 5.75 Å². The van der Waals surface area contributed by atoms with E-state index in [2.05, 4.69) is 38.9 Å². The molecular weight excluding hydrogens is 279 g/mol. The zero-order valence-electron chi connectivity index (χ0n) is 14.4. The number of benzene rings is 1. The van der Waals surface area contributed by atoms with E-state index >= 15 is 0 Å². The molecule has 0 radical (unpaired) electrons. The van der Waals surface area contributed by atoms with Crippen molar-refractivity contribution < 1.29 is 14.0 Å². The van der Waals surface area contributed by atoms with E-state index in [9.17, 15) is 0 Å². The molecule has 0 N–H and O–H groups in total. The summed E-state index contributed by atoms with van der Waals surface area (Å²) in [6.45, 7) is 10.2. The van der Waals surface area contributed by atoms with Crippen molar-refractivity contribution in [2.24, 2.45) is 7.05 Å². The molecule has 0 amide bonds. The third kappa shape index (κ3) is 2.13. The molecule has 1 aliphatic rings. The molecule has 5 nitrogen and oxygen atoms in total. The number of fused-ring (bicyclic) bond motifs is 1. The molecule has 1 fully saturated rings. The molecule has 2 heterocycles. The molecule has 22 heavy (non-hydrogen) atoms. The molecular formula is C16H23BN2O3. The van der Waals surface area contributed by atoms with E-state index in [1.807, 2.05) is 24.9 Å². The van der Waals surface area contributed by atoms with Crippen LogP contribution in [-0.2, 0) is 16.4 Å². The van der Waals surface area contributed by atoms with Gasteiger partial charge in [0.05, 0.1) is 23.8 Å². The van der Waals surface area contributed by atoms with Gasteiger partial charge in [-0.1, -0.05) is 0 Å². The summed E-state index contributed by atoms with van der Waals surface area (Å²) in [5.74, 6) is 0.782. The first-order chi connectivity index (χ1) is 10.2. The van der Waals surface area contributed by atoms with Crippen LogP contribution in [-0.4, -0.2) is 35.2 Å². The predicted octanol–water partition coefficient (Wildman–Crippen LogP) is 2.19. The minimum absolute atomic E-state index is 0.375. The van der Waals surface area contributed by atoms with Crippen LogP contribution in [0.5, 0.6) is 5.75 Å². The second-order valence-electron chi connectivity index (χ2n) is 6.95. The van der Waals surface area contributed by atoms with Crippen LogP contribution in [0.15, 0.2) is 12.3 Å². The van der Waals surface area contributed by atoms with Gasteiger partial charge in [-0.05, 0) is 40.7 Å². The number of ether oxygens (including phenoxy) is 1. The van der Waals surface area contributed by atoms with Crippen LogP contribution in [0.4, 0.5) is 0 Å². The quantitative estimate of drug-likeness (QED) is 0.798. The summed E-state index contributed by atoms with van der Waals surface area (Å²) in [6.07, 6.45) is 2.00. The Morgan fingerprint density at radius 1 is 1.18 bits per heavy atom. The molecule has 1 aliphatic heterocycles. The van der Waals surface area contributed by atoms with Gasteiger partial charge >= 0.3 is 7.12 Å². The van der Waals surface area contributed by atoms with Gasteiger partial charge in [0.2, 0.25) is 0 Å². The van der Waals surface area contributed by atoms with Gasteiger partial charge < -0.3 is 14.0 Å². The average Bonchev–Trinajstić information content (AvgIpc) is 2.87. The van der Waals surface area contributed by atoms with Crippen LogP contribution < -0.4 is 10.2 Å². The van der Waals surface area contributed by atoms with Crippen molar-refractivity contribution >= 4 is 23.5 Å². The second-order valence-corrected chi connectivity index (χ2v) is 6.95. The molecule has 1 aromatic heterocycles. The lowest BCUT2D eigenvalue weighted by Crippen LogP contribution is -2.41. The maximum Gasteiger partial charge on any atom is 0.498 e. The molecule has 2 aromatic rings. The first-order valence-corrected chi connectivity index (χ1v) is 7.53. The molecule has 1 aromatic carbocycles. The maximum atomic E-state index is 6.17. The van der Waals surface area contributed by atoms with Crippen molar-refractivity contribution in [1.29, 1.82) is 0 Å². The Bertz CT molecular complexity index is 721. The van der Waals surface area contributed by atoms with Gasteiger partial charge in [0.15, 0.2) is 0 Å². The van der Waals surface area contributed by atoms with E-state index in [0.717, 1.165) is 27.7 Å². The van der Waals surface area contributed by atoms with Crippen LogP contribution in [0.1, 0.15) is 33.3 Å². The Morgan fingerprint density at radius 2 is 1.77 bits per heavy atom. The summed E-state index contributed by atoms with van der Waals surface area (Å²) in [5, 5.41) is 5.56. The highest BCUT2D eigenvalue weighted by Crippen LogP contribution is 2.38. The fourth-order valence-electron chi connectivity index (χ4n) is 2.88. The number of aromatic nitrogens is 2. The van der Waals surface area contributed by atoms with E-state index < -0.39 is 7.12 Å². The molecule has 0 bridgehead atoms. The van der Waals surface area contributed by atoms with Crippen molar-refractivity contribution in [2.45, 2.75) is 45.8 Å². The zero-order valence-corrected chi connectivity index (χ0v) is 14.4. The standard InChI is InChI=1S/C16H23BN2O3/c1-10-13-11(9-19(6)18-13)8-12(14(10)20-7)17-21-15(2,3)16(4,5)22-17/h8-9H,1-7H3. The van der Waals surface area contributed by atoms with E-state index in [1.54, 1.807) is 7.11 Å². The number of hydrogen-bond donors (Lipinski definition) is 0. The molecule has 0 unspecified atom stereocenters. The number of hydrogen-bond acceptors (Lipinski definition) is 4. The lowest BCUT2D eigenvalue weighted by atomic mass is 9.76. The van der Waals surface area contributed by atoms with Crippen LogP contribution >= 0.6 is 0 Å². The van der Waals surface area contributed by atoms with Crippen LogP contribution in [0.25, 0.3) is 10.9 Å². The number of aryl methyl sites for hydroxylation is 2. The Balaban J connectivity index is 2.15. The summed E-state index contributed by atoms with van der Waals surface area (Å²) in [4.78, 5) is 0. The topological polar surface area (TPSA) is 45.5 Å². The number of nitrogens with zero attached hydrogens (tertiary/aromatic N) is 2.